The molecule has 1 heterocycles. The van der Waals surface area contributed by atoms with E-state index in [1.807, 2.05) is 0 Å². The van der Waals surface area contributed by atoms with Crippen molar-refractivity contribution in [1.82, 2.24) is 9.78 Å². The molecule has 21 heavy (non-hydrogen) atoms. The number of aromatic nitrogens is 2. The number of primary amides is 1. The highest BCUT2D eigenvalue weighted by atomic mass is 16.5. The Hall–Kier alpha value is -2.83. The lowest BCUT2D eigenvalue weighted by molar-refractivity contribution is 0.0995. The summed E-state index contributed by atoms with van der Waals surface area (Å²) < 4.78 is 6.63. The number of hydrogen-bond donors (Lipinski definition) is 2. The van der Waals surface area contributed by atoms with Crippen molar-refractivity contribution >= 4 is 17.5 Å². The minimum absolute atomic E-state index is 0.0262. The van der Waals surface area contributed by atoms with E-state index in [0.717, 1.165) is 0 Å². The van der Waals surface area contributed by atoms with Crippen LogP contribution in [0.4, 0.5) is 5.69 Å². The molecule has 0 unspecified atom stereocenters. The van der Waals surface area contributed by atoms with Crippen molar-refractivity contribution in [2.24, 2.45) is 12.8 Å². The van der Waals surface area contributed by atoms with Gasteiger partial charge >= 0.3 is 0 Å². The molecule has 2 aromatic rings. The molecule has 0 radical (unpaired) electrons. The predicted octanol–water partition coefficient (Wildman–Crippen LogP) is 1.09. The maximum atomic E-state index is 12.3. The van der Waals surface area contributed by atoms with Crippen molar-refractivity contribution in [3.8, 4) is 5.75 Å². The van der Waals surface area contributed by atoms with Crippen molar-refractivity contribution in [2.45, 2.75) is 6.92 Å². The third kappa shape index (κ3) is 2.71. The van der Waals surface area contributed by atoms with Crippen molar-refractivity contribution in [3.05, 3.63) is 41.2 Å². The standard InChI is InChI=1S/C14H16N4O3/c1-8-11(12(13(15)19)17-18(8)2)16-14(20)9-6-4-5-7-10(9)21-3/h4-7H,1-3H3,(H2,15,19)(H,16,20). The number of nitrogens with two attached hydrogens (primary N) is 1. The van der Waals surface area contributed by atoms with Crippen molar-refractivity contribution in [1.29, 1.82) is 0 Å². The van der Waals surface area contributed by atoms with Gasteiger partial charge in [0.05, 0.1) is 24.1 Å². The van der Waals surface area contributed by atoms with Crippen molar-refractivity contribution in [2.75, 3.05) is 12.4 Å². The van der Waals surface area contributed by atoms with Crippen LogP contribution in [0.15, 0.2) is 24.3 Å². The van der Waals surface area contributed by atoms with Gasteiger partial charge in [0.2, 0.25) is 0 Å². The molecular formula is C14H16N4O3. The van der Waals surface area contributed by atoms with Crippen LogP contribution in [0.2, 0.25) is 0 Å². The number of nitrogens with one attached hydrogen (secondary N) is 1. The summed E-state index contributed by atoms with van der Waals surface area (Å²) in [5.74, 6) is -0.655. The molecule has 0 atom stereocenters. The molecule has 0 bridgehead atoms. The van der Waals surface area contributed by atoms with E-state index in [9.17, 15) is 9.59 Å². The normalized spacial score (nSPS) is 10.2. The minimum Gasteiger partial charge on any atom is -0.496 e. The highest BCUT2D eigenvalue weighted by Crippen LogP contribution is 2.23. The lowest BCUT2D eigenvalue weighted by Gasteiger charge is -2.09. The van der Waals surface area contributed by atoms with Crippen LogP contribution in [0.3, 0.4) is 0 Å². The number of nitrogens with zero attached hydrogens (tertiary/aromatic N) is 2. The molecule has 0 fully saturated rings. The number of anilines is 1. The molecule has 3 N–H and O–H groups in total. The third-order valence-corrected chi connectivity index (χ3v) is 3.16. The zero-order chi connectivity index (χ0) is 15.6. The Morgan fingerprint density at radius 3 is 2.62 bits per heavy atom. The SMILES string of the molecule is COc1ccccc1C(=O)Nc1c(C(N)=O)nn(C)c1C. The first kappa shape index (κ1) is 14.6. The number of amides is 2. The van der Waals surface area contributed by atoms with Gasteiger partial charge in [0.1, 0.15) is 5.75 Å². The number of carbonyl (C=O) groups excluding carboxylic acids is 2. The van der Waals surface area contributed by atoms with E-state index < -0.39 is 11.8 Å². The predicted molar refractivity (Wildman–Crippen MR) is 77.4 cm³/mol. The average molecular weight is 288 g/mol. The topological polar surface area (TPSA) is 99.2 Å². The van der Waals surface area contributed by atoms with Crippen molar-refractivity contribution < 1.29 is 14.3 Å². The van der Waals surface area contributed by atoms with E-state index in [-0.39, 0.29) is 5.69 Å². The summed E-state index contributed by atoms with van der Waals surface area (Å²) in [5, 5.41) is 6.66. The summed E-state index contributed by atoms with van der Waals surface area (Å²) >= 11 is 0. The minimum atomic E-state index is -0.700. The summed E-state index contributed by atoms with van der Waals surface area (Å²) in [7, 11) is 3.15. The molecule has 7 heteroatoms. The van der Waals surface area contributed by atoms with Gasteiger partial charge in [0.25, 0.3) is 11.8 Å². The van der Waals surface area contributed by atoms with E-state index in [2.05, 4.69) is 10.4 Å². The summed E-state index contributed by atoms with van der Waals surface area (Å²) in [6, 6.07) is 6.80. The van der Waals surface area contributed by atoms with Gasteiger partial charge in [-0.15, -0.1) is 0 Å². The Bertz CT molecular complexity index is 706. The molecule has 2 amide bonds. The number of ether oxygens (including phenoxy) is 1. The number of carbonyl (C=O) groups is 2. The van der Waals surface area contributed by atoms with Crippen LogP contribution in [-0.2, 0) is 7.05 Å². The Balaban J connectivity index is 2.38. The number of para-hydroxylation sites is 1. The monoisotopic (exact) mass is 288 g/mol. The molecule has 110 valence electrons. The number of benzene rings is 1. The molecular weight excluding hydrogens is 272 g/mol. The van der Waals surface area contributed by atoms with Crippen LogP contribution in [-0.4, -0.2) is 28.7 Å². The largest absolute Gasteiger partial charge is 0.496 e. The molecule has 0 aliphatic heterocycles. The van der Waals surface area contributed by atoms with E-state index in [1.165, 1.54) is 11.8 Å². The molecule has 0 saturated heterocycles. The first-order valence-corrected chi connectivity index (χ1v) is 6.23. The quantitative estimate of drug-likeness (QED) is 0.879. The van der Waals surface area contributed by atoms with Crippen LogP contribution in [0.25, 0.3) is 0 Å². The van der Waals surface area contributed by atoms with Gasteiger partial charge in [-0.1, -0.05) is 12.1 Å². The highest BCUT2D eigenvalue weighted by Gasteiger charge is 2.21. The lowest BCUT2D eigenvalue weighted by atomic mass is 10.1. The second-order valence-electron chi connectivity index (χ2n) is 4.45. The summed E-state index contributed by atoms with van der Waals surface area (Å²) in [5.41, 5.74) is 6.60. The molecule has 7 nitrogen and oxygen atoms in total. The molecule has 0 aliphatic rings. The second-order valence-corrected chi connectivity index (χ2v) is 4.45. The first-order valence-electron chi connectivity index (χ1n) is 6.23. The molecule has 0 saturated carbocycles. The number of methoxy groups -OCH3 is 1. The number of rotatable bonds is 4. The fourth-order valence-electron chi connectivity index (χ4n) is 1.94. The maximum Gasteiger partial charge on any atom is 0.271 e. The number of aryl methyl sites for hydroxylation is 1. The van der Waals surface area contributed by atoms with Gasteiger partial charge in [-0.3, -0.25) is 14.3 Å². The van der Waals surface area contributed by atoms with Crippen LogP contribution in [0, 0.1) is 6.92 Å². The maximum absolute atomic E-state index is 12.3. The van der Waals surface area contributed by atoms with Gasteiger partial charge in [-0.25, -0.2) is 0 Å². The van der Waals surface area contributed by atoms with Gasteiger partial charge in [0, 0.05) is 7.05 Å². The second kappa shape index (κ2) is 5.66. The molecule has 1 aromatic carbocycles. The van der Waals surface area contributed by atoms with Gasteiger partial charge in [0.15, 0.2) is 5.69 Å². The van der Waals surface area contributed by atoms with Crippen LogP contribution < -0.4 is 15.8 Å². The van der Waals surface area contributed by atoms with E-state index in [1.54, 1.807) is 38.2 Å². The average Bonchev–Trinajstić information content (AvgIpc) is 2.75. The Kier molecular flexibility index (Phi) is 3.93. The van der Waals surface area contributed by atoms with E-state index in [4.69, 9.17) is 10.5 Å². The van der Waals surface area contributed by atoms with E-state index in [0.29, 0.717) is 22.7 Å². The molecule has 0 spiro atoms. The highest BCUT2D eigenvalue weighted by molar-refractivity contribution is 6.09. The summed E-state index contributed by atoms with van der Waals surface area (Å²) in [6.07, 6.45) is 0. The third-order valence-electron chi connectivity index (χ3n) is 3.16. The van der Waals surface area contributed by atoms with Crippen LogP contribution in [0.5, 0.6) is 5.75 Å². The Labute approximate surface area is 121 Å². The molecule has 0 aliphatic carbocycles. The van der Waals surface area contributed by atoms with Gasteiger partial charge < -0.3 is 15.8 Å². The van der Waals surface area contributed by atoms with Gasteiger partial charge in [-0.2, -0.15) is 5.10 Å². The Morgan fingerprint density at radius 2 is 2.00 bits per heavy atom. The smallest absolute Gasteiger partial charge is 0.271 e. The lowest BCUT2D eigenvalue weighted by Crippen LogP contribution is -2.18. The summed E-state index contributed by atoms with van der Waals surface area (Å²) in [4.78, 5) is 23.7. The Morgan fingerprint density at radius 1 is 1.33 bits per heavy atom. The zero-order valence-corrected chi connectivity index (χ0v) is 12.0. The molecule has 2 rings (SSSR count). The number of hydrogen-bond acceptors (Lipinski definition) is 4. The van der Waals surface area contributed by atoms with Crippen LogP contribution in [0.1, 0.15) is 26.5 Å². The fraction of sp³-hybridized carbons (Fsp3) is 0.214. The van der Waals surface area contributed by atoms with Gasteiger partial charge in [-0.05, 0) is 19.1 Å². The van der Waals surface area contributed by atoms with Crippen LogP contribution >= 0.6 is 0 Å². The van der Waals surface area contributed by atoms with Crippen molar-refractivity contribution in [3.63, 3.8) is 0 Å². The van der Waals surface area contributed by atoms with E-state index >= 15 is 0 Å². The zero-order valence-electron chi connectivity index (χ0n) is 12.0. The summed E-state index contributed by atoms with van der Waals surface area (Å²) in [6.45, 7) is 1.73. The molecule has 1 aromatic heterocycles. The fourth-order valence-corrected chi connectivity index (χ4v) is 1.94. The first-order chi connectivity index (χ1) is 9.95.